The largest absolute Gasteiger partial charge is 0.349 e. The lowest BCUT2D eigenvalue weighted by molar-refractivity contribution is -0.117. The molecular formula is C16H22FNO. The summed E-state index contributed by atoms with van der Waals surface area (Å²) in [4.78, 5) is 11.8. The minimum atomic E-state index is -0.277. The number of amides is 1. The van der Waals surface area contributed by atoms with E-state index in [4.69, 9.17) is 0 Å². The summed E-state index contributed by atoms with van der Waals surface area (Å²) in [7, 11) is 0. The van der Waals surface area contributed by atoms with Crippen LogP contribution in [0.15, 0.2) is 30.3 Å². The van der Waals surface area contributed by atoms with Crippen LogP contribution in [-0.4, -0.2) is 11.9 Å². The van der Waals surface area contributed by atoms with Crippen LogP contribution < -0.4 is 5.32 Å². The summed E-state index contributed by atoms with van der Waals surface area (Å²) < 4.78 is 12.7. The van der Waals surface area contributed by atoms with Crippen LogP contribution >= 0.6 is 0 Å². The number of hydrogen-bond acceptors (Lipinski definition) is 1. The lowest BCUT2D eigenvalue weighted by atomic mass is 9.93. The average molecular weight is 263 g/mol. The Labute approximate surface area is 114 Å². The van der Waals surface area contributed by atoms with Crippen molar-refractivity contribution in [2.75, 3.05) is 0 Å². The molecule has 19 heavy (non-hydrogen) atoms. The summed E-state index contributed by atoms with van der Waals surface area (Å²) in [5, 5.41) is 3.00. The van der Waals surface area contributed by atoms with E-state index in [9.17, 15) is 9.18 Å². The van der Waals surface area contributed by atoms with Gasteiger partial charge in [-0.3, -0.25) is 4.79 Å². The maximum Gasteiger partial charge on any atom is 0.244 e. The predicted molar refractivity (Wildman–Crippen MR) is 77.0 cm³/mol. The van der Waals surface area contributed by atoms with Crippen molar-refractivity contribution in [1.29, 1.82) is 0 Å². The first-order valence-corrected chi connectivity index (χ1v) is 6.64. The average Bonchev–Trinajstić information content (AvgIpc) is 2.34. The third-order valence-electron chi connectivity index (χ3n) is 3.04. The number of rotatable bonds is 5. The molecule has 0 unspecified atom stereocenters. The van der Waals surface area contributed by atoms with Crippen molar-refractivity contribution >= 4 is 12.0 Å². The fourth-order valence-electron chi connectivity index (χ4n) is 2.06. The van der Waals surface area contributed by atoms with Gasteiger partial charge >= 0.3 is 0 Å². The zero-order chi connectivity index (χ0) is 14.4. The molecule has 0 bridgehead atoms. The second kappa shape index (κ2) is 7.07. The van der Waals surface area contributed by atoms with Gasteiger partial charge in [-0.25, -0.2) is 4.39 Å². The van der Waals surface area contributed by atoms with Crippen LogP contribution in [0.5, 0.6) is 0 Å². The van der Waals surface area contributed by atoms with E-state index in [0.717, 1.165) is 5.56 Å². The number of halogens is 1. The first-order valence-electron chi connectivity index (χ1n) is 6.64. The Balaban J connectivity index is 2.61. The molecule has 0 saturated carbocycles. The predicted octanol–water partition coefficient (Wildman–Crippen LogP) is 3.64. The zero-order valence-corrected chi connectivity index (χ0v) is 12.0. The van der Waals surface area contributed by atoms with Crippen LogP contribution in [0.1, 0.15) is 33.3 Å². The summed E-state index contributed by atoms with van der Waals surface area (Å²) in [6.07, 6.45) is 3.18. The lowest BCUT2D eigenvalue weighted by Crippen LogP contribution is -2.41. The second-order valence-corrected chi connectivity index (χ2v) is 5.41. The molecule has 3 heteroatoms. The molecule has 0 aliphatic rings. The Hall–Kier alpha value is -1.64. The van der Waals surface area contributed by atoms with Gasteiger partial charge < -0.3 is 5.32 Å². The van der Waals surface area contributed by atoms with Gasteiger partial charge in [0, 0.05) is 12.1 Å². The molecule has 2 nitrogen and oxygen atoms in total. The minimum Gasteiger partial charge on any atom is -0.349 e. The summed E-state index contributed by atoms with van der Waals surface area (Å²) in [5.41, 5.74) is 0.808. The number of nitrogens with one attached hydrogen (secondary N) is 1. The molecule has 0 aliphatic carbocycles. The number of carbonyl (C=O) groups excluding carboxylic acids is 1. The van der Waals surface area contributed by atoms with Gasteiger partial charge in [0.1, 0.15) is 5.82 Å². The lowest BCUT2D eigenvalue weighted by Gasteiger charge is -2.25. The Kier molecular flexibility index (Phi) is 5.74. The van der Waals surface area contributed by atoms with Crippen molar-refractivity contribution in [3.63, 3.8) is 0 Å². The van der Waals surface area contributed by atoms with Crippen LogP contribution in [0.25, 0.3) is 6.08 Å². The Morgan fingerprint density at radius 3 is 2.11 bits per heavy atom. The number of benzene rings is 1. The van der Waals surface area contributed by atoms with Crippen molar-refractivity contribution in [3.8, 4) is 0 Å². The highest BCUT2D eigenvalue weighted by atomic mass is 19.1. The van der Waals surface area contributed by atoms with E-state index in [0.29, 0.717) is 11.8 Å². The number of carbonyl (C=O) groups is 1. The van der Waals surface area contributed by atoms with Crippen molar-refractivity contribution in [1.82, 2.24) is 5.32 Å². The summed E-state index contributed by atoms with van der Waals surface area (Å²) >= 11 is 0. The quantitative estimate of drug-likeness (QED) is 0.807. The van der Waals surface area contributed by atoms with Crippen LogP contribution in [0.2, 0.25) is 0 Å². The second-order valence-electron chi connectivity index (χ2n) is 5.41. The van der Waals surface area contributed by atoms with Crippen molar-refractivity contribution in [2.45, 2.75) is 33.7 Å². The first-order chi connectivity index (χ1) is 8.90. The highest BCUT2D eigenvalue weighted by molar-refractivity contribution is 5.91. The van der Waals surface area contributed by atoms with Gasteiger partial charge in [0.25, 0.3) is 0 Å². The maximum absolute atomic E-state index is 12.7. The molecule has 0 aliphatic heterocycles. The monoisotopic (exact) mass is 263 g/mol. The van der Waals surface area contributed by atoms with Gasteiger partial charge in [0.15, 0.2) is 0 Å². The van der Waals surface area contributed by atoms with Crippen LogP contribution in [0.4, 0.5) is 4.39 Å². The smallest absolute Gasteiger partial charge is 0.244 e. The molecule has 0 spiro atoms. The minimum absolute atomic E-state index is 0.114. The van der Waals surface area contributed by atoms with Crippen LogP contribution in [0.3, 0.4) is 0 Å². The van der Waals surface area contributed by atoms with E-state index in [-0.39, 0.29) is 17.8 Å². The van der Waals surface area contributed by atoms with Crippen molar-refractivity contribution in [3.05, 3.63) is 41.7 Å². The molecule has 1 aromatic carbocycles. The standard InChI is InChI=1S/C16H22FNO/c1-11(2)16(12(3)4)18-15(19)10-7-13-5-8-14(17)9-6-13/h5-12,16H,1-4H3,(H,18,19). The third-order valence-corrected chi connectivity index (χ3v) is 3.04. The molecule has 1 N–H and O–H groups in total. The van der Waals surface area contributed by atoms with Gasteiger partial charge in [0.05, 0.1) is 0 Å². The highest BCUT2D eigenvalue weighted by Crippen LogP contribution is 2.12. The molecule has 0 saturated heterocycles. The molecule has 1 amide bonds. The van der Waals surface area contributed by atoms with Crippen LogP contribution in [0, 0.1) is 17.7 Å². The van der Waals surface area contributed by atoms with Crippen LogP contribution in [-0.2, 0) is 4.79 Å². The first kappa shape index (κ1) is 15.4. The van der Waals surface area contributed by atoms with Crippen molar-refractivity contribution < 1.29 is 9.18 Å². The topological polar surface area (TPSA) is 29.1 Å². The molecule has 1 aromatic rings. The maximum atomic E-state index is 12.7. The molecule has 0 heterocycles. The SMILES string of the molecule is CC(C)C(NC(=O)C=Cc1ccc(F)cc1)C(C)C. The van der Waals surface area contributed by atoms with E-state index in [1.807, 2.05) is 0 Å². The van der Waals surface area contributed by atoms with Gasteiger partial charge in [-0.05, 0) is 35.6 Å². The van der Waals surface area contributed by atoms with E-state index in [1.165, 1.54) is 18.2 Å². The number of hydrogen-bond donors (Lipinski definition) is 1. The fraction of sp³-hybridized carbons (Fsp3) is 0.438. The third kappa shape index (κ3) is 5.25. The molecule has 0 fully saturated rings. The molecule has 0 radical (unpaired) electrons. The fourth-order valence-corrected chi connectivity index (χ4v) is 2.06. The molecule has 0 aromatic heterocycles. The molecule has 1 rings (SSSR count). The Bertz CT molecular complexity index is 427. The summed E-state index contributed by atoms with van der Waals surface area (Å²) in [5.74, 6) is 0.393. The van der Waals surface area contributed by atoms with E-state index in [1.54, 1.807) is 18.2 Å². The van der Waals surface area contributed by atoms with Gasteiger partial charge in [-0.1, -0.05) is 39.8 Å². The summed E-state index contributed by atoms with van der Waals surface area (Å²) in [6.45, 7) is 8.37. The van der Waals surface area contributed by atoms with E-state index >= 15 is 0 Å². The Morgan fingerprint density at radius 2 is 1.63 bits per heavy atom. The molecule has 104 valence electrons. The zero-order valence-electron chi connectivity index (χ0n) is 12.0. The van der Waals surface area contributed by atoms with Gasteiger partial charge in [-0.15, -0.1) is 0 Å². The summed E-state index contributed by atoms with van der Waals surface area (Å²) in [6, 6.07) is 6.19. The Morgan fingerprint density at radius 1 is 1.11 bits per heavy atom. The van der Waals surface area contributed by atoms with Crippen molar-refractivity contribution in [2.24, 2.45) is 11.8 Å². The normalized spacial score (nSPS) is 11.8. The highest BCUT2D eigenvalue weighted by Gasteiger charge is 2.18. The van der Waals surface area contributed by atoms with E-state index < -0.39 is 0 Å². The molecule has 0 atom stereocenters. The van der Waals surface area contributed by atoms with Gasteiger partial charge in [-0.2, -0.15) is 0 Å². The van der Waals surface area contributed by atoms with Gasteiger partial charge in [0.2, 0.25) is 5.91 Å². The van der Waals surface area contributed by atoms with E-state index in [2.05, 4.69) is 33.0 Å². The molecular weight excluding hydrogens is 241 g/mol.